The third-order valence-electron chi connectivity index (χ3n) is 5.08. The van der Waals surface area contributed by atoms with Crippen LogP contribution in [0.2, 0.25) is 0 Å². The van der Waals surface area contributed by atoms with Crippen LogP contribution in [0.4, 0.5) is 5.69 Å². The fourth-order valence-corrected chi connectivity index (χ4v) is 3.49. The molecule has 4 rings (SSSR count). The highest BCUT2D eigenvalue weighted by atomic mass is 16.5. The first-order chi connectivity index (χ1) is 12.5. The van der Waals surface area contributed by atoms with Crippen molar-refractivity contribution in [3.63, 3.8) is 0 Å². The number of hydrogen-bond donors (Lipinski definition) is 2. The Bertz CT molecular complexity index is 942. The van der Waals surface area contributed by atoms with Crippen LogP contribution in [0, 0.1) is 6.92 Å². The van der Waals surface area contributed by atoms with Gasteiger partial charge in [-0.1, -0.05) is 0 Å². The number of benzene rings is 2. The molecule has 26 heavy (non-hydrogen) atoms. The molecule has 6 heteroatoms. The standard InChI is InChI=1S/C20H24N4O2/c1-13-10-15(24-8-6-23(2)7-9-24)12-16-19(13)22-20(21-16)14-4-5-18(26-3)17(25)11-14/h4-5,10-12,25H,6-9H2,1-3H3,(H,21,22). The van der Waals surface area contributed by atoms with Gasteiger partial charge >= 0.3 is 0 Å². The van der Waals surface area contributed by atoms with Gasteiger partial charge in [0.25, 0.3) is 0 Å². The highest BCUT2D eigenvalue weighted by Gasteiger charge is 2.17. The van der Waals surface area contributed by atoms with Gasteiger partial charge in [0.2, 0.25) is 0 Å². The zero-order valence-electron chi connectivity index (χ0n) is 15.4. The Hall–Kier alpha value is -2.73. The number of anilines is 1. The summed E-state index contributed by atoms with van der Waals surface area (Å²) in [7, 11) is 3.70. The Labute approximate surface area is 153 Å². The van der Waals surface area contributed by atoms with Crippen LogP contribution in [0.3, 0.4) is 0 Å². The van der Waals surface area contributed by atoms with Crippen LogP contribution >= 0.6 is 0 Å². The summed E-state index contributed by atoms with van der Waals surface area (Å²) >= 11 is 0. The molecule has 0 spiro atoms. The third-order valence-corrected chi connectivity index (χ3v) is 5.08. The molecule has 2 aromatic carbocycles. The summed E-state index contributed by atoms with van der Waals surface area (Å²) in [6.07, 6.45) is 0. The summed E-state index contributed by atoms with van der Waals surface area (Å²) < 4.78 is 5.11. The number of hydrogen-bond acceptors (Lipinski definition) is 5. The maximum Gasteiger partial charge on any atom is 0.160 e. The summed E-state index contributed by atoms with van der Waals surface area (Å²) in [5, 5.41) is 10.0. The van der Waals surface area contributed by atoms with Gasteiger partial charge in [-0.25, -0.2) is 4.98 Å². The quantitative estimate of drug-likeness (QED) is 0.759. The number of aromatic amines is 1. The van der Waals surface area contributed by atoms with Crippen molar-refractivity contribution in [2.45, 2.75) is 6.92 Å². The van der Waals surface area contributed by atoms with Gasteiger partial charge in [0, 0.05) is 37.4 Å². The van der Waals surface area contributed by atoms with Gasteiger partial charge in [0.15, 0.2) is 11.5 Å². The summed E-state index contributed by atoms with van der Waals surface area (Å²) in [6, 6.07) is 9.71. The number of ether oxygens (including phenoxy) is 1. The van der Waals surface area contributed by atoms with Gasteiger partial charge in [0.1, 0.15) is 5.82 Å². The van der Waals surface area contributed by atoms with Crippen LogP contribution < -0.4 is 9.64 Å². The number of imidazole rings is 1. The number of rotatable bonds is 3. The van der Waals surface area contributed by atoms with E-state index in [-0.39, 0.29) is 5.75 Å². The average molecular weight is 352 g/mol. The van der Waals surface area contributed by atoms with E-state index in [1.54, 1.807) is 19.2 Å². The van der Waals surface area contributed by atoms with Crippen LogP contribution in [0.5, 0.6) is 11.5 Å². The number of aromatic nitrogens is 2. The molecule has 1 fully saturated rings. The van der Waals surface area contributed by atoms with Gasteiger partial charge in [-0.3, -0.25) is 0 Å². The van der Waals surface area contributed by atoms with Crippen molar-refractivity contribution < 1.29 is 9.84 Å². The van der Waals surface area contributed by atoms with Crippen molar-refractivity contribution in [3.05, 3.63) is 35.9 Å². The molecule has 0 saturated carbocycles. The zero-order valence-corrected chi connectivity index (χ0v) is 15.4. The van der Waals surface area contributed by atoms with Crippen molar-refractivity contribution in [2.75, 3.05) is 45.2 Å². The smallest absolute Gasteiger partial charge is 0.160 e. The molecule has 2 N–H and O–H groups in total. The van der Waals surface area contributed by atoms with Gasteiger partial charge in [0.05, 0.1) is 18.1 Å². The lowest BCUT2D eigenvalue weighted by molar-refractivity contribution is 0.313. The van der Waals surface area contributed by atoms with E-state index in [2.05, 4.69) is 40.9 Å². The van der Waals surface area contributed by atoms with E-state index in [0.717, 1.165) is 54.2 Å². The number of nitrogens with zero attached hydrogens (tertiary/aromatic N) is 3. The number of nitrogens with one attached hydrogen (secondary N) is 1. The second-order valence-electron chi connectivity index (χ2n) is 6.92. The van der Waals surface area contributed by atoms with Gasteiger partial charge in [-0.05, 0) is 49.9 Å². The number of aromatic hydroxyl groups is 1. The first kappa shape index (κ1) is 16.7. The molecule has 2 heterocycles. The van der Waals surface area contributed by atoms with Crippen molar-refractivity contribution in [2.24, 2.45) is 0 Å². The summed E-state index contributed by atoms with van der Waals surface area (Å²) in [5.41, 5.74) is 5.20. The molecule has 0 radical (unpaired) electrons. The summed E-state index contributed by atoms with van der Waals surface area (Å²) in [4.78, 5) is 12.9. The van der Waals surface area contributed by atoms with E-state index in [4.69, 9.17) is 9.72 Å². The Morgan fingerprint density at radius 3 is 2.58 bits per heavy atom. The molecule has 0 unspecified atom stereocenters. The Morgan fingerprint density at radius 2 is 1.88 bits per heavy atom. The Kier molecular flexibility index (Phi) is 4.20. The van der Waals surface area contributed by atoms with Crippen LogP contribution in [-0.4, -0.2) is 60.3 Å². The molecule has 6 nitrogen and oxygen atoms in total. The van der Waals surface area contributed by atoms with E-state index in [1.807, 2.05) is 6.07 Å². The zero-order chi connectivity index (χ0) is 18.3. The topological polar surface area (TPSA) is 64.6 Å². The number of methoxy groups -OCH3 is 1. The van der Waals surface area contributed by atoms with E-state index < -0.39 is 0 Å². The second-order valence-corrected chi connectivity index (χ2v) is 6.92. The molecule has 136 valence electrons. The van der Waals surface area contributed by atoms with Crippen LogP contribution in [-0.2, 0) is 0 Å². The van der Waals surface area contributed by atoms with Gasteiger partial charge in [-0.15, -0.1) is 0 Å². The summed E-state index contributed by atoms with van der Waals surface area (Å²) in [5.74, 6) is 1.32. The molecule has 0 bridgehead atoms. The van der Waals surface area contributed by atoms with E-state index in [1.165, 1.54) is 5.69 Å². The molecular formula is C20H24N4O2. The molecule has 0 aliphatic carbocycles. The summed E-state index contributed by atoms with van der Waals surface area (Å²) in [6.45, 7) is 6.33. The number of fused-ring (bicyclic) bond motifs is 1. The molecule has 0 atom stereocenters. The van der Waals surface area contributed by atoms with Gasteiger partial charge < -0.3 is 24.6 Å². The van der Waals surface area contributed by atoms with Crippen molar-refractivity contribution in [1.29, 1.82) is 0 Å². The lowest BCUT2D eigenvalue weighted by Crippen LogP contribution is -2.44. The highest BCUT2D eigenvalue weighted by Crippen LogP contribution is 2.32. The van der Waals surface area contributed by atoms with Crippen molar-refractivity contribution in [3.8, 4) is 22.9 Å². The van der Waals surface area contributed by atoms with Crippen LogP contribution in [0.25, 0.3) is 22.4 Å². The molecule has 1 aliphatic rings. The largest absolute Gasteiger partial charge is 0.504 e. The minimum absolute atomic E-state index is 0.111. The Balaban J connectivity index is 1.71. The molecular weight excluding hydrogens is 328 g/mol. The van der Waals surface area contributed by atoms with Crippen LogP contribution in [0.15, 0.2) is 30.3 Å². The van der Waals surface area contributed by atoms with Gasteiger partial charge in [-0.2, -0.15) is 0 Å². The van der Waals surface area contributed by atoms with E-state index >= 15 is 0 Å². The molecule has 3 aromatic rings. The van der Waals surface area contributed by atoms with E-state index in [9.17, 15) is 5.11 Å². The first-order valence-electron chi connectivity index (χ1n) is 8.86. The molecule has 0 amide bonds. The Morgan fingerprint density at radius 1 is 1.12 bits per heavy atom. The predicted octanol–water partition coefficient (Wildman–Crippen LogP) is 3.00. The van der Waals surface area contributed by atoms with E-state index in [0.29, 0.717) is 5.75 Å². The van der Waals surface area contributed by atoms with Crippen molar-refractivity contribution >= 4 is 16.7 Å². The number of aryl methyl sites for hydroxylation is 1. The van der Waals surface area contributed by atoms with Crippen LogP contribution in [0.1, 0.15) is 5.56 Å². The lowest BCUT2D eigenvalue weighted by Gasteiger charge is -2.34. The number of likely N-dealkylation sites (N-methyl/N-ethyl adjacent to an activating group) is 1. The number of phenols is 1. The first-order valence-corrected chi connectivity index (χ1v) is 8.86. The maximum absolute atomic E-state index is 10.0. The molecule has 1 saturated heterocycles. The molecule has 1 aliphatic heterocycles. The second kappa shape index (κ2) is 6.53. The highest BCUT2D eigenvalue weighted by molar-refractivity contribution is 5.86. The number of piperazine rings is 1. The minimum atomic E-state index is 0.111. The third kappa shape index (κ3) is 2.97. The molecule has 1 aromatic heterocycles. The minimum Gasteiger partial charge on any atom is -0.504 e. The monoisotopic (exact) mass is 352 g/mol. The predicted molar refractivity (Wildman–Crippen MR) is 104 cm³/mol. The maximum atomic E-state index is 10.0. The number of phenolic OH excluding ortho intramolecular Hbond substituents is 1. The normalized spacial score (nSPS) is 15.6. The fraction of sp³-hybridized carbons (Fsp3) is 0.350. The van der Waals surface area contributed by atoms with Crippen molar-refractivity contribution in [1.82, 2.24) is 14.9 Å². The average Bonchev–Trinajstić information content (AvgIpc) is 3.07. The lowest BCUT2D eigenvalue weighted by atomic mass is 10.1. The SMILES string of the molecule is COc1ccc(-c2nc3c(C)cc(N4CCN(C)CC4)cc3[nH]2)cc1O. The number of H-pyrrole nitrogens is 1. The fourth-order valence-electron chi connectivity index (χ4n) is 3.49.